The molecule has 3 aliphatic rings. The van der Waals surface area contributed by atoms with Crippen molar-refractivity contribution in [2.24, 2.45) is 23.5 Å². The van der Waals surface area contributed by atoms with Crippen molar-refractivity contribution >= 4 is 41.7 Å². The number of nitrogens with one attached hydrogen (secondary N) is 1. The van der Waals surface area contributed by atoms with E-state index in [0.717, 1.165) is 56.0 Å². The summed E-state index contributed by atoms with van der Waals surface area (Å²) in [4.78, 5) is 27.4. The average molecular weight is 424 g/mol. The van der Waals surface area contributed by atoms with Crippen LogP contribution in [0.25, 0.3) is 0 Å². The molecule has 154 valence electrons. The average Bonchev–Trinajstić information content (AvgIpc) is 2.68. The second-order valence-corrected chi connectivity index (χ2v) is 9.40. The van der Waals surface area contributed by atoms with E-state index in [4.69, 9.17) is 5.73 Å². The molecule has 7 heteroatoms. The van der Waals surface area contributed by atoms with E-state index in [-0.39, 0.29) is 36.2 Å². The third-order valence-corrected chi connectivity index (χ3v) is 7.40. The van der Waals surface area contributed by atoms with E-state index >= 15 is 0 Å². The van der Waals surface area contributed by atoms with Gasteiger partial charge in [-0.3, -0.25) is 9.59 Å². The molecule has 1 aromatic carbocycles. The maximum absolute atomic E-state index is 12.8. The number of benzene rings is 1. The van der Waals surface area contributed by atoms with Crippen LogP contribution in [0.2, 0.25) is 0 Å². The lowest BCUT2D eigenvalue weighted by molar-refractivity contribution is -0.122. The van der Waals surface area contributed by atoms with Gasteiger partial charge in [-0.15, -0.1) is 12.4 Å². The Morgan fingerprint density at radius 2 is 1.79 bits per heavy atom. The first kappa shape index (κ1) is 21.5. The van der Waals surface area contributed by atoms with Crippen LogP contribution in [0.15, 0.2) is 24.3 Å². The van der Waals surface area contributed by atoms with Crippen molar-refractivity contribution in [1.82, 2.24) is 4.90 Å². The zero-order valence-corrected chi connectivity index (χ0v) is 17.8. The highest BCUT2D eigenvalue weighted by molar-refractivity contribution is 7.99. The summed E-state index contributed by atoms with van der Waals surface area (Å²) >= 11 is 1.89. The number of carbonyl (C=O) groups is 2. The fraction of sp³-hybridized carbons (Fsp3) is 0.619. The Hall–Kier alpha value is -1.24. The van der Waals surface area contributed by atoms with E-state index in [0.29, 0.717) is 17.4 Å². The molecule has 2 saturated carbocycles. The van der Waals surface area contributed by atoms with Gasteiger partial charge in [-0.05, 0) is 55.7 Å². The van der Waals surface area contributed by atoms with Crippen molar-refractivity contribution in [2.75, 3.05) is 29.9 Å². The van der Waals surface area contributed by atoms with E-state index in [2.05, 4.69) is 5.32 Å². The largest absolute Gasteiger partial charge is 0.337 e. The monoisotopic (exact) mass is 423 g/mol. The third-order valence-electron chi connectivity index (χ3n) is 6.46. The van der Waals surface area contributed by atoms with Crippen LogP contribution < -0.4 is 11.1 Å². The number of halogens is 1. The zero-order chi connectivity index (χ0) is 18.8. The standard InChI is InChI=1S/C21H29N3O2S.ClH/c22-19-14-3-1-4-15(19)12-17(11-14)20(25)23-18-6-2-5-16(13-18)21(26)24-7-9-27-10-8-24;/h2,5-6,13-15,17,19H,1,3-4,7-12,22H2,(H,23,25);1H. The molecular weight excluding hydrogens is 394 g/mol. The van der Waals surface area contributed by atoms with Gasteiger partial charge in [0.25, 0.3) is 5.91 Å². The minimum atomic E-state index is 0. The van der Waals surface area contributed by atoms with Crippen molar-refractivity contribution in [3.05, 3.63) is 29.8 Å². The number of nitrogens with zero attached hydrogens (tertiary/aromatic N) is 1. The van der Waals surface area contributed by atoms with Gasteiger partial charge in [-0.1, -0.05) is 12.5 Å². The maximum Gasteiger partial charge on any atom is 0.253 e. The molecule has 2 aliphatic carbocycles. The molecule has 1 aromatic rings. The quantitative estimate of drug-likeness (QED) is 0.781. The summed E-state index contributed by atoms with van der Waals surface area (Å²) in [5.74, 6) is 3.14. The van der Waals surface area contributed by atoms with Crippen molar-refractivity contribution in [3.63, 3.8) is 0 Å². The van der Waals surface area contributed by atoms with Gasteiger partial charge in [0.1, 0.15) is 0 Å². The summed E-state index contributed by atoms with van der Waals surface area (Å²) in [6.45, 7) is 1.59. The van der Waals surface area contributed by atoms with E-state index in [1.165, 1.54) is 6.42 Å². The number of thioether (sulfide) groups is 1. The van der Waals surface area contributed by atoms with Gasteiger partial charge >= 0.3 is 0 Å². The molecule has 1 heterocycles. The summed E-state index contributed by atoms with van der Waals surface area (Å²) in [7, 11) is 0. The number of fused-ring (bicyclic) bond motifs is 2. The van der Waals surface area contributed by atoms with E-state index in [9.17, 15) is 9.59 Å². The molecule has 0 aromatic heterocycles. The van der Waals surface area contributed by atoms with Gasteiger partial charge in [0, 0.05) is 47.8 Å². The lowest BCUT2D eigenvalue weighted by atomic mass is 9.65. The lowest BCUT2D eigenvalue weighted by Crippen LogP contribution is -2.48. The number of carbonyl (C=O) groups excluding carboxylic acids is 2. The number of amides is 2. The zero-order valence-electron chi connectivity index (χ0n) is 16.1. The second kappa shape index (κ2) is 9.51. The molecule has 3 N–H and O–H groups in total. The molecular formula is C21H30ClN3O2S. The lowest BCUT2D eigenvalue weighted by Gasteiger charge is -2.43. The molecule has 1 saturated heterocycles. The van der Waals surface area contributed by atoms with Crippen LogP contribution in [-0.2, 0) is 4.79 Å². The van der Waals surface area contributed by atoms with Crippen LogP contribution in [0.1, 0.15) is 42.5 Å². The topological polar surface area (TPSA) is 75.4 Å². The second-order valence-electron chi connectivity index (χ2n) is 8.17. The van der Waals surface area contributed by atoms with E-state index in [1.807, 2.05) is 40.9 Å². The molecule has 1 aliphatic heterocycles. The van der Waals surface area contributed by atoms with Gasteiger partial charge in [0.15, 0.2) is 0 Å². The van der Waals surface area contributed by atoms with E-state index in [1.54, 1.807) is 0 Å². The Kier molecular flexibility index (Phi) is 7.29. The Morgan fingerprint density at radius 1 is 1.11 bits per heavy atom. The number of rotatable bonds is 3. The summed E-state index contributed by atoms with van der Waals surface area (Å²) < 4.78 is 0. The Labute approximate surface area is 177 Å². The van der Waals surface area contributed by atoms with Crippen molar-refractivity contribution in [1.29, 1.82) is 0 Å². The molecule has 2 amide bonds. The predicted molar refractivity (Wildman–Crippen MR) is 117 cm³/mol. The highest BCUT2D eigenvalue weighted by Gasteiger charge is 2.40. The maximum atomic E-state index is 12.8. The Balaban J connectivity index is 0.00000225. The van der Waals surface area contributed by atoms with Crippen LogP contribution in [0.4, 0.5) is 5.69 Å². The molecule has 2 unspecified atom stereocenters. The first-order chi connectivity index (χ1) is 13.1. The van der Waals surface area contributed by atoms with E-state index < -0.39 is 0 Å². The van der Waals surface area contributed by atoms with Gasteiger partial charge in [-0.25, -0.2) is 0 Å². The third kappa shape index (κ3) is 4.66. The van der Waals surface area contributed by atoms with Gasteiger partial charge in [0.2, 0.25) is 5.91 Å². The molecule has 5 nitrogen and oxygen atoms in total. The highest BCUT2D eigenvalue weighted by atomic mass is 35.5. The fourth-order valence-electron chi connectivity index (χ4n) is 4.93. The van der Waals surface area contributed by atoms with Gasteiger partial charge in [0.05, 0.1) is 0 Å². The molecule has 2 bridgehead atoms. The molecule has 2 atom stereocenters. The number of anilines is 1. The van der Waals surface area contributed by atoms with Crippen molar-refractivity contribution in [3.8, 4) is 0 Å². The Morgan fingerprint density at radius 3 is 2.46 bits per heavy atom. The fourth-order valence-corrected chi connectivity index (χ4v) is 5.83. The number of hydrogen-bond donors (Lipinski definition) is 2. The first-order valence-corrected chi connectivity index (χ1v) is 11.3. The molecule has 28 heavy (non-hydrogen) atoms. The van der Waals surface area contributed by atoms with Crippen molar-refractivity contribution in [2.45, 2.75) is 38.1 Å². The molecule has 0 radical (unpaired) electrons. The van der Waals surface area contributed by atoms with Crippen LogP contribution in [0, 0.1) is 17.8 Å². The molecule has 0 spiro atoms. The van der Waals surface area contributed by atoms with Crippen molar-refractivity contribution < 1.29 is 9.59 Å². The first-order valence-electron chi connectivity index (χ1n) is 10.2. The minimum absolute atomic E-state index is 0. The van der Waals surface area contributed by atoms with Gasteiger partial charge < -0.3 is 16.0 Å². The Bertz CT molecular complexity index is 697. The SMILES string of the molecule is Cl.NC1C2CCCC1CC(C(=O)Nc1cccc(C(=O)N3CCSCC3)c1)C2. The molecule has 3 fully saturated rings. The van der Waals surface area contributed by atoms with Crippen LogP contribution in [0.3, 0.4) is 0 Å². The summed E-state index contributed by atoms with van der Waals surface area (Å²) in [5, 5.41) is 3.06. The molecule has 4 rings (SSSR count). The summed E-state index contributed by atoms with van der Waals surface area (Å²) in [6.07, 6.45) is 5.34. The highest BCUT2D eigenvalue weighted by Crippen LogP contribution is 2.42. The summed E-state index contributed by atoms with van der Waals surface area (Å²) in [6, 6.07) is 7.65. The van der Waals surface area contributed by atoms with Crippen LogP contribution in [0.5, 0.6) is 0 Å². The predicted octanol–water partition coefficient (Wildman–Crippen LogP) is 3.39. The minimum Gasteiger partial charge on any atom is -0.337 e. The van der Waals surface area contributed by atoms with Gasteiger partial charge in [-0.2, -0.15) is 11.8 Å². The smallest absolute Gasteiger partial charge is 0.253 e. The summed E-state index contributed by atoms with van der Waals surface area (Å²) in [5.41, 5.74) is 7.72. The van der Waals surface area contributed by atoms with Crippen LogP contribution >= 0.6 is 24.2 Å². The number of nitrogens with two attached hydrogens (primary N) is 1. The normalized spacial score (nSPS) is 29.5. The number of hydrogen-bond acceptors (Lipinski definition) is 4. The van der Waals surface area contributed by atoms with Crippen LogP contribution in [-0.4, -0.2) is 47.4 Å².